The number of hydrogen-bond acceptors (Lipinski definition) is 3. The summed E-state index contributed by atoms with van der Waals surface area (Å²) in [7, 11) is 1.22. The van der Waals surface area contributed by atoms with Crippen molar-refractivity contribution < 1.29 is 44.2 Å². The molecule has 0 aliphatic heterocycles. The molecular weight excluding hydrogens is 119 g/mol. The van der Waals surface area contributed by atoms with E-state index >= 15 is 0 Å². The van der Waals surface area contributed by atoms with Crippen LogP contribution in [0.2, 0.25) is 0 Å². The van der Waals surface area contributed by atoms with E-state index in [-0.39, 0.29) is 35.3 Å². The van der Waals surface area contributed by atoms with Crippen molar-refractivity contribution in [1.29, 1.82) is 0 Å². The molecule has 0 aromatic carbocycles. The van der Waals surface area contributed by atoms with Crippen molar-refractivity contribution in [3.05, 3.63) is 12.3 Å². The van der Waals surface area contributed by atoms with Crippen LogP contribution in [0.1, 0.15) is 0 Å². The minimum Gasteiger partial charge on any atom is -0.542 e. The van der Waals surface area contributed by atoms with Crippen LogP contribution in [0.5, 0.6) is 0 Å². The van der Waals surface area contributed by atoms with Gasteiger partial charge in [-0.25, -0.2) is 0 Å². The van der Waals surface area contributed by atoms with Gasteiger partial charge < -0.3 is 14.6 Å². The van der Waals surface area contributed by atoms with Crippen molar-refractivity contribution in [3.8, 4) is 0 Å². The second-order valence-electron chi connectivity index (χ2n) is 0.915. The van der Waals surface area contributed by atoms with Crippen LogP contribution in [0.3, 0.4) is 0 Å². The number of hydrogen-bond donors (Lipinski definition) is 0. The molecule has 0 fully saturated rings. The van der Waals surface area contributed by atoms with Gasteiger partial charge in [0.25, 0.3) is 0 Å². The van der Waals surface area contributed by atoms with Gasteiger partial charge in [0.05, 0.1) is 7.11 Å². The molecule has 3 nitrogen and oxygen atoms in total. The van der Waals surface area contributed by atoms with E-state index in [0.29, 0.717) is 0 Å². The summed E-state index contributed by atoms with van der Waals surface area (Å²) in [5.41, 5.74) is 0. The maximum absolute atomic E-state index is 9.59. The zero-order chi connectivity index (χ0) is 5.86. The quantitative estimate of drug-likeness (QED) is 0.213. The molecule has 0 aromatic heterocycles. The Hall–Kier alpha value is 0.0100. The fourth-order valence-corrected chi connectivity index (χ4v) is 0.0833. The largest absolute Gasteiger partial charge is 1.00 e. The Kier molecular flexibility index (Phi) is 7.02. The van der Waals surface area contributed by atoms with Gasteiger partial charge in [0.2, 0.25) is 0 Å². The van der Waals surface area contributed by atoms with Crippen LogP contribution in [0.25, 0.3) is 0 Å². The minimum absolute atomic E-state index is 0. The van der Waals surface area contributed by atoms with Crippen LogP contribution in [0.15, 0.2) is 12.3 Å². The molecule has 8 heavy (non-hydrogen) atoms. The Morgan fingerprint density at radius 3 is 2.12 bits per heavy atom. The van der Waals surface area contributed by atoms with E-state index in [2.05, 4.69) is 11.3 Å². The number of aliphatic carboxylic acids is 1. The molecule has 0 rings (SSSR count). The molecule has 0 radical (unpaired) electrons. The van der Waals surface area contributed by atoms with E-state index in [1.807, 2.05) is 0 Å². The van der Waals surface area contributed by atoms with Gasteiger partial charge >= 0.3 is 29.6 Å². The molecule has 0 aromatic rings. The first-order chi connectivity index (χ1) is 3.18. The zero-order valence-electron chi connectivity index (χ0n) is 4.93. The summed E-state index contributed by atoms with van der Waals surface area (Å²) in [6.07, 6.45) is 0. The third-order valence-electron chi connectivity index (χ3n) is 0.474. The van der Waals surface area contributed by atoms with Gasteiger partial charge in [0.15, 0.2) is 0 Å². The van der Waals surface area contributed by atoms with Gasteiger partial charge in [-0.2, -0.15) is 0 Å². The van der Waals surface area contributed by atoms with Crippen molar-refractivity contribution in [1.82, 2.24) is 0 Å². The topological polar surface area (TPSA) is 49.4 Å². The molecule has 0 atom stereocenters. The summed E-state index contributed by atoms with van der Waals surface area (Å²) in [6.45, 7) is 2.99. The van der Waals surface area contributed by atoms with Crippen LogP contribution < -0.4 is 34.7 Å². The van der Waals surface area contributed by atoms with Crippen LogP contribution in [0.4, 0.5) is 0 Å². The maximum atomic E-state index is 9.59. The van der Waals surface area contributed by atoms with Gasteiger partial charge in [-0.15, -0.1) is 0 Å². The van der Waals surface area contributed by atoms with Crippen LogP contribution in [-0.2, 0) is 9.53 Å². The molecule has 0 aliphatic carbocycles. The molecule has 0 amide bonds. The summed E-state index contributed by atoms with van der Waals surface area (Å²) in [5.74, 6) is -1.72. The number of ether oxygens (including phenoxy) is 1. The predicted octanol–water partition coefficient (Wildman–Crippen LogP) is -4.10. The smallest absolute Gasteiger partial charge is 0.542 e. The van der Waals surface area contributed by atoms with Gasteiger partial charge in [0, 0.05) is 0 Å². The molecule has 0 N–H and O–H groups in total. The van der Waals surface area contributed by atoms with Crippen LogP contribution in [-0.4, -0.2) is 13.1 Å². The average molecular weight is 124 g/mol. The van der Waals surface area contributed by atoms with E-state index in [1.165, 1.54) is 7.11 Å². The Morgan fingerprint density at radius 1 is 1.75 bits per heavy atom. The third-order valence-corrected chi connectivity index (χ3v) is 0.474. The summed E-state index contributed by atoms with van der Waals surface area (Å²) >= 11 is 0. The Morgan fingerprint density at radius 2 is 2.12 bits per heavy atom. The number of carbonyl (C=O) groups is 1. The zero-order valence-corrected chi connectivity index (χ0v) is 6.93. The number of carboxylic acid groups (broad SMARTS) is 1. The molecule has 0 bridgehead atoms. The number of carboxylic acids is 1. The normalized spacial score (nSPS) is 6.62. The van der Waals surface area contributed by atoms with E-state index in [1.54, 1.807) is 0 Å². The average Bonchev–Trinajstić information content (AvgIpc) is 1.65. The van der Waals surface area contributed by atoms with E-state index in [0.717, 1.165) is 0 Å². The monoisotopic (exact) mass is 124 g/mol. The fourth-order valence-electron chi connectivity index (χ4n) is 0.0833. The van der Waals surface area contributed by atoms with Crippen molar-refractivity contribution in [2.45, 2.75) is 0 Å². The Labute approximate surface area is 69.6 Å². The second kappa shape index (κ2) is 5.15. The van der Waals surface area contributed by atoms with Gasteiger partial charge in [-0.05, 0) is 0 Å². The number of carbonyl (C=O) groups excluding carboxylic acids is 1. The minimum atomic E-state index is -1.37. The summed E-state index contributed by atoms with van der Waals surface area (Å²) < 4.78 is 4.16. The third kappa shape index (κ3) is 4.18. The Bertz CT molecular complexity index is 99.5. The van der Waals surface area contributed by atoms with Crippen LogP contribution in [0, 0.1) is 0 Å². The standard InChI is InChI=1S/C4H6O3.Na/c1-3(7-2)4(5)6;/h1H2,2H3,(H,5,6);/q;+1/p-1. The molecule has 0 spiro atoms. The molecule has 0 aliphatic rings. The SMILES string of the molecule is C=C(OC)C(=O)[O-].[Na+]. The number of methoxy groups -OCH3 is 1. The van der Waals surface area contributed by atoms with E-state index in [4.69, 9.17) is 0 Å². The Balaban J connectivity index is 0. The fraction of sp³-hybridized carbons (Fsp3) is 0.250. The molecule has 0 saturated carbocycles. The molecule has 0 heterocycles. The summed E-state index contributed by atoms with van der Waals surface area (Å²) in [6, 6.07) is 0. The van der Waals surface area contributed by atoms with Crippen molar-refractivity contribution >= 4 is 5.97 Å². The predicted molar refractivity (Wildman–Crippen MR) is 21.2 cm³/mol. The number of rotatable bonds is 2. The first-order valence-electron chi connectivity index (χ1n) is 1.62. The van der Waals surface area contributed by atoms with Crippen molar-refractivity contribution in [2.75, 3.05) is 7.11 Å². The summed E-state index contributed by atoms with van der Waals surface area (Å²) in [4.78, 5) is 9.59. The van der Waals surface area contributed by atoms with Crippen molar-refractivity contribution in [2.24, 2.45) is 0 Å². The van der Waals surface area contributed by atoms with Gasteiger partial charge in [0.1, 0.15) is 11.7 Å². The maximum Gasteiger partial charge on any atom is 1.00 e. The molecule has 40 valence electrons. The molecular formula is C4H5NaO3. The van der Waals surface area contributed by atoms with E-state index < -0.39 is 5.97 Å². The van der Waals surface area contributed by atoms with E-state index in [9.17, 15) is 9.90 Å². The van der Waals surface area contributed by atoms with Crippen molar-refractivity contribution in [3.63, 3.8) is 0 Å². The molecule has 4 heteroatoms. The first kappa shape index (κ1) is 10.9. The first-order valence-corrected chi connectivity index (χ1v) is 1.62. The molecule has 0 saturated heterocycles. The second-order valence-corrected chi connectivity index (χ2v) is 0.915. The molecule has 0 unspecified atom stereocenters. The van der Waals surface area contributed by atoms with Crippen LogP contribution >= 0.6 is 0 Å². The van der Waals surface area contributed by atoms with Gasteiger partial charge in [-0.1, -0.05) is 6.58 Å². The summed E-state index contributed by atoms with van der Waals surface area (Å²) in [5, 5.41) is 9.59. The van der Waals surface area contributed by atoms with Gasteiger partial charge in [-0.3, -0.25) is 0 Å².